The summed E-state index contributed by atoms with van der Waals surface area (Å²) in [5.74, 6) is 0.944. The molecule has 5 heterocycles. The molecule has 3 saturated heterocycles. The third kappa shape index (κ3) is 6.80. The maximum Gasteiger partial charge on any atom is 0.222 e. The van der Waals surface area contributed by atoms with Crippen LogP contribution in [-0.4, -0.2) is 111 Å². The van der Waals surface area contributed by atoms with E-state index in [2.05, 4.69) is 42.4 Å². The minimum absolute atomic E-state index is 0.0738. The number of hydrogen-bond acceptors (Lipinski definition) is 10. The fraction of sp³-hybridized carbons (Fsp3) is 0.581. The summed E-state index contributed by atoms with van der Waals surface area (Å²) in [6.07, 6.45) is 5.75. The van der Waals surface area contributed by atoms with Gasteiger partial charge in [-0.25, -0.2) is 4.98 Å². The molecule has 0 spiro atoms. The number of methoxy groups -OCH3 is 1. The minimum atomic E-state index is -0.0738. The van der Waals surface area contributed by atoms with Gasteiger partial charge in [0.25, 0.3) is 0 Å². The Bertz CT molecular complexity index is 1320. The van der Waals surface area contributed by atoms with Crippen LogP contribution in [0.3, 0.4) is 0 Å². The van der Waals surface area contributed by atoms with E-state index in [0.29, 0.717) is 13.0 Å². The van der Waals surface area contributed by atoms with Gasteiger partial charge in [-0.3, -0.25) is 14.7 Å². The lowest BCUT2D eigenvalue weighted by atomic mass is 10.1. The van der Waals surface area contributed by atoms with Gasteiger partial charge in [-0.2, -0.15) is 0 Å². The second-order valence-electron chi connectivity index (χ2n) is 11.3. The molecule has 42 heavy (non-hydrogen) atoms. The van der Waals surface area contributed by atoms with Crippen LogP contribution in [0.1, 0.15) is 37.4 Å². The van der Waals surface area contributed by atoms with Gasteiger partial charge in [-0.1, -0.05) is 6.07 Å². The van der Waals surface area contributed by atoms with Crippen molar-refractivity contribution in [3.05, 3.63) is 41.5 Å². The zero-order valence-electron chi connectivity index (χ0n) is 24.7. The highest BCUT2D eigenvalue weighted by Crippen LogP contribution is 2.37. The summed E-state index contributed by atoms with van der Waals surface area (Å²) < 4.78 is 11.4. The van der Waals surface area contributed by atoms with Crippen LogP contribution in [0.15, 0.2) is 35.8 Å². The predicted octanol–water partition coefficient (Wildman–Crippen LogP) is 3.39. The molecule has 0 saturated carbocycles. The molecule has 0 bridgehead atoms. The number of morpholine rings is 1. The van der Waals surface area contributed by atoms with Crippen molar-refractivity contribution in [2.75, 3.05) is 95.6 Å². The van der Waals surface area contributed by atoms with Gasteiger partial charge in [0.05, 0.1) is 37.6 Å². The minimum Gasteiger partial charge on any atom is -0.494 e. The van der Waals surface area contributed by atoms with Gasteiger partial charge in [0.15, 0.2) is 5.13 Å². The van der Waals surface area contributed by atoms with Crippen LogP contribution in [0, 0.1) is 0 Å². The second-order valence-corrected chi connectivity index (χ2v) is 12.2. The number of anilines is 2. The number of benzene rings is 1. The summed E-state index contributed by atoms with van der Waals surface area (Å²) in [6, 6.07) is 8.11. The molecule has 3 fully saturated rings. The third-order valence-electron chi connectivity index (χ3n) is 8.68. The molecule has 3 aliphatic heterocycles. The summed E-state index contributed by atoms with van der Waals surface area (Å²) >= 11 is 1.68. The van der Waals surface area contributed by atoms with Crippen molar-refractivity contribution in [1.29, 1.82) is 0 Å². The molecule has 1 unspecified atom stereocenters. The van der Waals surface area contributed by atoms with E-state index in [1.807, 2.05) is 18.3 Å². The lowest BCUT2D eigenvalue weighted by Gasteiger charge is -2.30. The molecule has 11 heteroatoms. The van der Waals surface area contributed by atoms with Gasteiger partial charge >= 0.3 is 0 Å². The highest BCUT2D eigenvalue weighted by atomic mass is 32.1. The van der Waals surface area contributed by atoms with Crippen LogP contribution in [-0.2, 0) is 9.53 Å². The number of nitrogens with one attached hydrogen (secondary N) is 1. The van der Waals surface area contributed by atoms with Gasteiger partial charge in [-0.05, 0) is 50.6 Å². The fourth-order valence-corrected chi connectivity index (χ4v) is 7.34. The van der Waals surface area contributed by atoms with Gasteiger partial charge < -0.3 is 29.5 Å². The van der Waals surface area contributed by atoms with Crippen LogP contribution in [0.4, 0.5) is 10.8 Å². The number of carbonyl (C=O) groups excluding carboxylic acids is 1. The van der Waals surface area contributed by atoms with Gasteiger partial charge in [0, 0.05) is 75.7 Å². The highest BCUT2D eigenvalue weighted by molar-refractivity contribution is 7.13. The summed E-state index contributed by atoms with van der Waals surface area (Å²) in [7, 11) is 1.73. The van der Waals surface area contributed by atoms with E-state index in [1.54, 1.807) is 18.4 Å². The molecule has 1 aromatic carbocycles. The van der Waals surface area contributed by atoms with Crippen LogP contribution in [0.2, 0.25) is 0 Å². The number of thiazole rings is 1. The van der Waals surface area contributed by atoms with Gasteiger partial charge in [0.2, 0.25) is 5.91 Å². The van der Waals surface area contributed by atoms with Crippen molar-refractivity contribution >= 4 is 39.0 Å². The Kier molecular flexibility index (Phi) is 9.69. The molecule has 2 aromatic heterocycles. The molecule has 0 aliphatic carbocycles. The Morgan fingerprint density at radius 3 is 2.71 bits per heavy atom. The molecule has 3 aromatic rings. The van der Waals surface area contributed by atoms with Crippen LogP contribution < -0.4 is 19.9 Å². The Hall–Kier alpha value is -2.99. The van der Waals surface area contributed by atoms with E-state index >= 15 is 0 Å². The van der Waals surface area contributed by atoms with Crippen LogP contribution in [0.5, 0.6) is 5.75 Å². The molecule has 1 atom stereocenters. The van der Waals surface area contributed by atoms with E-state index < -0.39 is 0 Å². The number of nitrogens with zero attached hydrogens (tertiary/aromatic N) is 6. The maximum absolute atomic E-state index is 13.3. The van der Waals surface area contributed by atoms with Crippen LogP contribution >= 0.6 is 11.3 Å². The van der Waals surface area contributed by atoms with Gasteiger partial charge in [0.1, 0.15) is 11.4 Å². The Balaban J connectivity index is 1.19. The van der Waals surface area contributed by atoms with Crippen molar-refractivity contribution in [3.8, 4) is 5.75 Å². The van der Waals surface area contributed by atoms with Crippen molar-refractivity contribution in [2.45, 2.75) is 31.7 Å². The topological polar surface area (TPSA) is 86.3 Å². The first kappa shape index (κ1) is 29.1. The molecular formula is C31H43N7O3S. The number of rotatable bonds is 10. The predicted molar refractivity (Wildman–Crippen MR) is 168 cm³/mol. The SMILES string of the molecule is COc1ccc2cccnc2c1N1CCCN(C(CC(=O)NCCN2CCCC2)c2csc(N3CCOCC3)n2)CC1. The normalized spacial score (nSPS) is 19.6. The molecule has 10 nitrogen and oxygen atoms in total. The molecule has 3 aliphatic rings. The first-order chi connectivity index (χ1) is 20.7. The van der Waals surface area contributed by atoms with E-state index in [9.17, 15) is 4.79 Å². The number of pyridine rings is 1. The van der Waals surface area contributed by atoms with E-state index in [1.165, 1.54) is 12.8 Å². The van der Waals surface area contributed by atoms with Crippen molar-refractivity contribution in [1.82, 2.24) is 25.1 Å². The molecule has 1 amide bonds. The second kappa shape index (κ2) is 14.0. The van der Waals surface area contributed by atoms with E-state index in [0.717, 1.165) is 112 Å². The zero-order valence-corrected chi connectivity index (χ0v) is 25.5. The number of carbonyl (C=O) groups is 1. The standard InChI is InChI=1S/C31H43N7O3S/c1-40-27-8-7-24-6-4-9-33-29(24)30(27)37-14-5-13-36(16-17-37)26(22-28(39)32-10-15-35-11-2-3-12-35)25-23-42-31(34-25)38-18-20-41-21-19-38/h4,6-9,23,26H,2-3,5,10-22H2,1H3,(H,32,39). The smallest absolute Gasteiger partial charge is 0.222 e. The highest BCUT2D eigenvalue weighted by Gasteiger charge is 2.30. The third-order valence-corrected chi connectivity index (χ3v) is 9.60. The Labute approximate surface area is 252 Å². The average molecular weight is 594 g/mol. The Morgan fingerprint density at radius 1 is 1.02 bits per heavy atom. The summed E-state index contributed by atoms with van der Waals surface area (Å²) in [4.78, 5) is 32.7. The van der Waals surface area contributed by atoms with E-state index in [4.69, 9.17) is 19.4 Å². The molecule has 6 rings (SSSR count). The molecule has 1 N–H and O–H groups in total. The van der Waals surface area contributed by atoms with Gasteiger partial charge in [-0.15, -0.1) is 11.3 Å². The largest absolute Gasteiger partial charge is 0.494 e. The first-order valence-electron chi connectivity index (χ1n) is 15.4. The zero-order chi connectivity index (χ0) is 28.7. The monoisotopic (exact) mass is 593 g/mol. The number of hydrogen-bond donors (Lipinski definition) is 1. The quantitative estimate of drug-likeness (QED) is 0.380. The lowest BCUT2D eigenvalue weighted by Crippen LogP contribution is -2.39. The number of aromatic nitrogens is 2. The van der Waals surface area contributed by atoms with Crippen molar-refractivity contribution in [2.24, 2.45) is 0 Å². The van der Waals surface area contributed by atoms with Crippen molar-refractivity contribution in [3.63, 3.8) is 0 Å². The number of fused-ring (bicyclic) bond motifs is 1. The van der Waals surface area contributed by atoms with Crippen LogP contribution in [0.25, 0.3) is 10.9 Å². The lowest BCUT2D eigenvalue weighted by molar-refractivity contribution is -0.122. The molecule has 0 radical (unpaired) electrons. The van der Waals surface area contributed by atoms with Crippen molar-refractivity contribution < 1.29 is 14.3 Å². The molecular weight excluding hydrogens is 550 g/mol. The fourth-order valence-electron chi connectivity index (χ4n) is 6.41. The first-order valence-corrected chi connectivity index (χ1v) is 16.3. The number of amides is 1. The van der Waals surface area contributed by atoms with E-state index in [-0.39, 0.29) is 11.9 Å². The summed E-state index contributed by atoms with van der Waals surface area (Å²) in [6.45, 7) is 10.5. The number of likely N-dealkylation sites (tertiary alicyclic amines) is 1. The maximum atomic E-state index is 13.3. The Morgan fingerprint density at radius 2 is 1.88 bits per heavy atom. The molecule has 226 valence electrons. The number of ether oxygens (including phenoxy) is 2. The average Bonchev–Trinajstić information content (AvgIpc) is 3.68. The summed E-state index contributed by atoms with van der Waals surface area (Å²) in [5.41, 5.74) is 3.01. The summed E-state index contributed by atoms with van der Waals surface area (Å²) in [5, 5.41) is 7.50.